The molecule has 0 aliphatic carbocycles. The van der Waals surface area contributed by atoms with E-state index in [0.717, 1.165) is 18.9 Å². The van der Waals surface area contributed by atoms with Crippen molar-refractivity contribution in [1.29, 1.82) is 5.41 Å². The van der Waals surface area contributed by atoms with Crippen LogP contribution in [0.4, 0.5) is 5.82 Å². The standard InChI is InChI=1S/C13H21N5/c1-17(2)11-4-3-7-18(9-11)12-6-5-10(8-16-12)13(14)15/h5-6,8,11H,3-4,7,9H2,1-2H3,(H3,14,15). The summed E-state index contributed by atoms with van der Waals surface area (Å²) < 4.78 is 0. The highest BCUT2D eigenvalue weighted by molar-refractivity contribution is 5.94. The van der Waals surface area contributed by atoms with Gasteiger partial charge in [0, 0.05) is 30.9 Å². The van der Waals surface area contributed by atoms with Crippen molar-refractivity contribution in [1.82, 2.24) is 9.88 Å². The highest BCUT2D eigenvalue weighted by Crippen LogP contribution is 2.19. The van der Waals surface area contributed by atoms with Gasteiger partial charge in [0.25, 0.3) is 0 Å². The van der Waals surface area contributed by atoms with Crippen molar-refractivity contribution in [3.05, 3.63) is 23.9 Å². The van der Waals surface area contributed by atoms with Crippen molar-refractivity contribution in [2.24, 2.45) is 5.73 Å². The number of pyridine rings is 1. The lowest BCUT2D eigenvalue weighted by molar-refractivity contribution is 0.257. The molecule has 1 unspecified atom stereocenters. The molecule has 2 heterocycles. The van der Waals surface area contributed by atoms with Crippen LogP contribution >= 0.6 is 0 Å². The number of nitrogens with zero attached hydrogens (tertiary/aromatic N) is 3. The summed E-state index contributed by atoms with van der Waals surface area (Å²) in [5.41, 5.74) is 6.11. The van der Waals surface area contributed by atoms with Gasteiger partial charge in [0.05, 0.1) is 0 Å². The van der Waals surface area contributed by atoms with E-state index in [1.54, 1.807) is 6.20 Å². The summed E-state index contributed by atoms with van der Waals surface area (Å²) in [4.78, 5) is 8.98. The Kier molecular flexibility index (Phi) is 3.81. The van der Waals surface area contributed by atoms with Crippen molar-refractivity contribution >= 4 is 11.7 Å². The van der Waals surface area contributed by atoms with E-state index in [2.05, 4.69) is 28.9 Å². The Morgan fingerprint density at radius 1 is 1.50 bits per heavy atom. The summed E-state index contributed by atoms with van der Waals surface area (Å²) in [6.45, 7) is 2.07. The van der Waals surface area contributed by atoms with E-state index < -0.39 is 0 Å². The predicted molar refractivity (Wildman–Crippen MR) is 74.2 cm³/mol. The molecule has 0 radical (unpaired) electrons. The molecule has 1 saturated heterocycles. The summed E-state index contributed by atoms with van der Waals surface area (Å²) >= 11 is 0. The fraction of sp³-hybridized carbons (Fsp3) is 0.538. The fourth-order valence-electron chi connectivity index (χ4n) is 2.32. The topological polar surface area (TPSA) is 69.2 Å². The van der Waals surface area contributed by atoms with Crippen LogP contribution in [0.15, 0.2) is 18.3 Å². The van der Waals surface area contributed by atoms with E-state index in [9.17, 15) is 0 Å². The first-order valence-electron chi connectivity index (χ1n) is 6.30. The molecule has 1 aliphatic rings. The number of hydrogen-bond donors (Lipinski definition) is 2. The van der Waals surface area contributed by atoms with Gasteiger partial charge >= 0.3 is 0 Å². The number of hydrogen-bond acceptors (Lipinski definition) is 4. The van der Waals surface area contributed by atoms with Gasteiger partial charge in [-0.25, -0.2) is 4.98 Å². The highest BCUT2D eigenvalue weighted by Gasteiger charge is 2.22. The third-order valence-electron chi connectivity index (χ3n) is 3.51. The minimum atomic E-state index is 0.0684. The minimum absolute atomic E-state index is 0.0684. The molecule has 1 atom stereocenters. The first-order chi connectivity index (χ1) is 8.58. The van der Waals surface area contributed by atoms with E-state index in [1.165, 1.54) is 12.8 Å². The number of nitrogen functional groups attached to an aromatic ring is 1. The van der Waals surface area contributed by atoms with Gasteiger partial charge in [-0.15, -0.1) is 0 Å². The number of aromatic nitrogens is 1. The molecule has 0 bridgehead atoms. The molecule has 1 aliphatic heterocycles. The van der Waals surface area contributed by atoms with Crippen molar-refractivity contribution in [3.63, 3.8) is 0 Å². The second-order valence-electron chi connectivity index (χ2n) is 5.02. The first kappa shape index (κ1) is 12.8. The molecule has 18 heavy (non-hydrogen) atoms. The van der Waals surface area contributed by atoms with Crippen LogP contribution in [-0.4, -0.2) is 48.9 Å². The highest BCUT2D eigenvalue weighted by atomic mass is 15.2. The number of piperidine rings is 1. The Balaban J connectivity index is 2.09. The molecule has 1 aromatic heterocycles. The van der Waals surface area contributed by atoms with E-state index in [1.807, 2.05) is 12.1 Å². The molecule has 0 amide bonds. The maximum absolute atomic E-state index is 7.36. The van der Waals surface area contributed by atoms with Crippen LogP contribution in [-0.2, 0) is 0 Å². The maximum Gasteiger partial charge on any atom is 0.128 e. The summed E-state index contributed by atoms with van der Waals surface area (Å²) in [5, 5.41) is 7.36. The van der Waals surface area contributed by atoms with Crippen LogP contribution < -0.4 is 10.6 Å². The lowest BCUT2D eigenvalue weighted by Gasteiger charge is -2.36. The zero-order chi connectivity index (χ0) is 13.1. The average Bonchev–Trinajstić information content (AvgIpc) is 2.39. The molecule has 2 rings (SSSR count). The third-order valence-corrected chi connectivity index (χ3v) is 3.51. The van der Waals surface area contributed by atoms with Crippen LogP contribution in [0.1, 0.15) is 18.4 Å². The van der Waals surface area contributed by atoms with Crippen LogP contribution in [0.25, 0.3) is 0 Å². The Morgan fingerprint density at radius 2 is 2.28 bits per heavy atom. The predicted octanol–water partition coefficient (Wildman–Crippen LogP) is 0.896. The molecule has 5 nitrogen and oxygen atoms in total. The molecular weight excluding hydrogens is 226 g/mol. The van der Waals surface area contributed by atoms with E-state index in [-0.39, 0.29) is 5.84 Å². The van der Waals surface area contributed by atoms with Gasteiger partial charge in [0.15, 0.2) is 0 Å². The minimum Gasteiger partial charge on any atom is -0.384 e. The largest absolute Gasteiger partial charge is 0.384 e. The quantitative estimate of drug-likeness (QED) is 0.615. The molecule has 98 valence electrons. The molecule has 1 aromatic rings. The van der Waals surface area contributed by atoms with Crippen molar-refractivity contribution in [3.8, 4) is 0 Å². The zero-order valence-corrected chi connectivity index (χ0v) is 11.1. The van der Waals surface area contributed by atoms with Gasteiger partial charge < -0.3 is 15.5 Å². The van der Waals surface area contributed by atoms with E-state index in [0.29, 0.717) is 11.6 Å². The van der Waals surface area contributed by atoms with Crippen LogP contribution in [0, 0.1) is 5.41 Å². The second-order valence-corrected chi connectivity index (χ2v) is 5.02. The number of likely N-dealkylation sites (N-methyl/N-ethyl adjacent to an activating group) is 1. The Hall–Kier alpha value is -1.62. The molecule has 0 spiro atoms. The Labute approximate surface area is 108 Å². The average molecular weight is 247 g/mol. The van der Waals surface area contributed by atoms with Crippen molar-refractivity contribution in [2.45, 2.75) is 18.9 Å². The van der Waals surface area contributed by atoms with Gasteiger partial charge in [-0.2, -0.15) is 0 Å². The SMILES string of the molecule is CN(C)C1CCCN(c2ccc(C(=N)N)cn2)C1. The molecule has 1 fully saturated rings. The van der Waals surface area contributed by atoms with Crippen LogP contribution in [0.2, 0.25) is 0 Å². The summed E-state index contributed by atoms with van der Waals surface area (Å²) in [7, 11) is 4.25. The zero-order valence-electron chi connectivity index (χ0n) is 11.1. The molecule has 0 saturated carbocycles. The fourth-order valence-corrected chi connectivity index (χ4v) is 2.32. The molecule has 0 aromatic carbocycles. The number of anilines is 1. The lowest BCUT2D eigenvalue weighted by atomic mass is 10.0. The first-order valence-corrected chi connectivity index (χ1v) is 6.30. The second kappa shape index (κ2) is 5.35. The van der Waals surface area contributed by atoms with Crippen LogP contribution in [0.5, 0.6) is 0 Å². The van der Waals surface area contributed by atoms with Gasteiger partial charge in [0.1, 0.15) is 11.7 Å². The van der Waals surface area contributed by atoms with Crippen molar-refractivity contribution < 1.29 is 0 Å². The molecular formula is C13H21N5. The molecule has 5 heteroatoms. The maximum atomic E-state index is 7.36. The van der Waals surface area contributed by atoms with E-state index in [4.69, 9.17) is 11.1 Å². The van der Waals surface area contributed by atoms with Gasteiger partial charge in [0.2, 0.25) is 0 Å². The summed E-state index contributed by atoms with van der Waals surface area (Å²) in [5.74, 6) is 1.05. The third kappa shape index (κ3) is 2.79. The smallest absolute Gasteiger partial charge is 0.128 e. The number of nitrogens with two attached hydrogens (primary N) is 1. The van der Waals surface area contributed by atoms with Gasteiger partial charge in [-0.1, -0.05) is 0 Å². The van der Waals surface area contributed by atoms with Gasteiger partial charge in [-0.05, 0) is 39.1 Å². The summed E-state index contributed by atoms with van der Waals surface area (Å²) in [6.07, 6.45) is 4.12. The van der Waals surface area contributed by atoms with E-state index >= 15 is 0 Å². The van der Waals surface area contributed by atoms with Crippen molar-refractivity contribution in [2.75, 3.05) is 32.1 Å². The molecule has 3 N–H and O–H groups in total. The summed E-state index contributed by atoms with van der Waals surface area (Å²) in [6, 6.07) is 4.41. The Morgan fingerprint density at radius 3 is 2.83 bits per heavy atom. The number of nitrogens with one attached hydrogen (secondary N) is 1. The lowest BCUT2D eigenvalue weighted by Crippen LogP contribution is -2.45. The Bertz CT molecular complexity index is 412. The number of amidine groups is 1. The van der Waals surface area contributed by atoms with Crippen LogP contribution in [0.3, 0.4) is 0 Å². The van der Waals surface area contributed by atoms with Gasteiger partial charge in [-0.3, -0.25) is 5.41 Å². The monoisotopic (exact) mass is 247 g/mol. The number of rotatable bonds is 3. The normalized spacial score (nSPS) is 20.2.